The predicted octanol–water partition coefficient (Wildman–Crippen LogP) is 7.44. The van der Waals surface area contributed by atoms with Crippen molar-refractivity contribution in [2.45, 2.75) is 19.7 Å². The zero-order valence-electron chi connectivity index (χ0n) is 16.9. The first-order chi connectivity index (χ1) is 14.0. The smallest absolute Gasteiger partial charge is 0.144 e. The Hall–Kier alpha value is -3.39. The Kier molecular flexibility index (Phi) is 3.71. The van der Waals surface area contributed by atoms with Gasteiger partial charge in [0.15, 0.2) is 0 Å². The van der Waals surface area contributed by atoms with E-state index in [1.54, 1.807) is 6.20 Å². The SMILES string of the molecule is [2H]C(C)(C)c1ccnc(-c2cccc3c2oc2c(-c4ccccc4)cccc23)c1. The Labute approximate surface area is 165 Å². The number of pyridine rings is 1. The minimum absolute atomic E-state index is 0.681. The van der Waals surface area contributed by atoms with E-state index in [4.69, 9.17) is 5.79 Å². The molecule has 0 saturated heterocycles. The molecule has 2 nitrogen and oxygen atoms in total. The van der Waals surface area contributed by atoms with Gasteiger partial charge in [-0.2, -0.15) is 0 Å². The number of para-hydroxylation sites is 2. The number of aromatic nitrogens is 1. The highest BCUT2D eigenvalue weighted by Crippen LogP contribution is 2.39. The topological polar surface area (TPSA) is 26.0 Å². The van der Waals surface area contributed by atoms with Crippen molar-refractivity contribution in [3.8, 4) is 22.4 Å². The molecule has 5 aromatic rings. The maximum absolute atomic E-state index is 8.35. The fraction of sp³-hybridized carbons (Fsp3) is 0.115. The summed E-state index contributed by atoms with van der Waals surface area (Å²) in [6.45, 7) is 3.78. The molecule has 5 rings (SSSR count). The molecule has 0 amide bonds. The van der Waals surface area contributed by atoms with Crippen LogP contribution in [-0.2, 0) is 0 Å². The summed E-state index contributed by atoms with van der Waals surface area (Å²) in [5.41, 5.74) is 6.64. The lowest BCUT2D eigenvalue weighted by molar-refractivity contribution is 0.671. The maximum Gasteiger partial charge on any atom is 0.144 e. The molecule has 0 bridgehead atoms. The van der Waals surface area contributed by atoms with Crippen LogP contribution < -0.4 is 0 Å². The van der Waals surface area contributed by atoms with Gasteiger partial charge in [-0.3, -0.25) is 4.98 Å². The number of benzene rings is 3. The van der Waals surface area contributed by atoms with Crippen LogP contribution in [0.1, 0.15) is 26.7 Å². The summed E-state index contributed by atoms with van der Waals surface area (Å²) in [5.74, 6) is -0.681. The highest BCUT2D eigenvalue weighted by Gasteiger charge is 2.16. The summed E-state index contributed by atoms with van der Waals surface area (Å²) in [6, 6.07) is 26.7. The third kappa shape index (κ3) is 2.69. The summed E-state index contributed by atoms with van der Waals surface area (Å²) in [5, 5.41) is 2.17. The molecular formula is C26H21NO. The van der Waals surface area contributed by atoms with E-state index in [0.29, 0.717) is 0 Å². The summed E-state index contributed by atoms with van der Waals surface area (Å²) < 4.78 is 14.8. The molecule has 28 heavy (non-hydrogen) atoms. The van der Waals surface area contributed by atoms with Crippen LogP contribution in [0, 0.1) is 0 Å². The second kappa shape index (κ2) is 6.65. The molecule has 3 aromatic carbocycles. The van der Waals surface area contributed by atoms with E-state index in [0.717, 1.165) is 49.9 Å². The number of hydrogen-bond donors (Lipinski definition) is 0. The van der Waals surface area contributed by atoms with Crippen LogP contribution in [0.25, 0.3) is 44.3 Å². The first-order valence-corrected chi connectivity index (χ1v) is 9.49. The summed E-state index contributed by atoms with van der Waals surface area (Å²) >= 11 is 0. The highest BCUT2D eigenvalue weighted by molar-refractivity contribution is 6.12. The lowest BCUT2D eigenvalue weighted by Gasteiger charge is -2.07. The Balaban J connectivity index is 1.78. The van der Waals surface area contributed by atoms with Crippen molar-refractivity contribution in [2.24, 2.45) is 0 Å². The van der Waals surface area contributed by atoms with Crippen molar-refractivity contribution in [1.82, 2.24) is 4.98 Å². The summed E-state index contributed by atoms with van der Waals surface area (Å²) in [7, 11) is 0. The van der Waals surface area contributed by atoms with E-state index in [1.807, 2.05) is 56.3 Å². The van der Waals surface area contributed by atoms with Crippen molar-refractivity contribution < 1.29 is 5.79 Å². The van der Waals surface area contributed by atoms with Crippen LogP contribution in [0.5, 0.6) is 0 Å². The van der Waals surface area contributed by atoms with Crippen molar-refractivity contribution in [2.75, 3.05) is 0 Å². The third-order valence-corrected chi connectivity index (χ3v) is 5.22. The zero-order chi connectivity index (χ0) is 20.0. The van der Waals surface area contributed by atoms with Crippen LogP contribution in [0.3, 0.4) is 0 Å². The third-order valence-electron chi connectivity index (χ3n) is 5.22. The predicted molar refractivity (Wildman–Crippen MR) is 116 cm³/mol. The molecule has 2 aromatic heterocycles. The van der Waals surface area contributed by atoms with E-state index in [-0.39, 0.29) is 0 Å². The molecule has 2 heteroatoms. The first-order valence-electron chi connectivity index (χ1n) is 9.99. The minimum atomic E-state index is -0.681. The second-order valence-electron chi connectivity index (χ2n) is 7.26. The number of hydrogen-bond acceptors (Lipinski definition) is 2. The maximum atomic E-state index is 8.35. The van der Waals surface area contributed by atoms with Crippen molar-refractivity contribution in [1.29, 1.82) is 0 Å². The van der Waals surface area contributed by atoms with Gasteiger partial charge < -0.3 is 4.42 Å². The Morgan fingerprint density at radius 2 is 1.46 bits per heavy atom. The monoisotopic (exact) mass is 364 g/mol. The Morgan fingerprint density at radius 3 is 2.18 bits per heavy atom. The van der Waals surface area contributed by atoms with Gasteiger partial charge in [0.25, 0.3) is 0 Å². The number of fused-ring (bicyclic) bond motifs is 3. The molecule has 0 unspecified atom stereocenters. The standard InChI is InChI=1S/C26H21NO/c1-17(2)19-14-15-27-24(16-19)23-13-7-12-22-21-11-6-10-20(25(21)28-26(22)23)18-8-4-3-5-9-18/h3-17H,1-2H3/i17D. The van der Waals surface area contributed by atoms with Gasteiger partial charge in [-0.05, 0) is 35.2 Å². The Morgan fingerprint density at radius 1 is 0.786 bits per heavy atom. The minimum Gasteiger partial charge on any atom is -0.455 e. The number of rotatable bonds is 3. The van der Waals surface area contributed by atoms with Gasteiger partial charge >= 0.3 is 0 Å². The van der Waals surface area contributed by atoms with E-state index in [2.05, 4.69) is 41.4 Å². The van der Waals surface area contributed by atoms with Gasteiger partial charge in [-0.15, -0.1) is 0 Å². The van der Waals surface area contributed by atoms with Crippen LogP contribution >= 0.6 is 0 Å². The average Bonchev–Trinajstić information content (AvgIpc) is 3.13. The zero-order valence-corrected chi connectivity index (χ0v) is 15.9. The van der Waals surface area contributed by atoms with E-state index in [1.165, 1.54) is 0 Å². The summed E-state index contributed by atoms with van der Waals surface area (Å²) in [6.07, 6.45) is 1.78. The Bertz CT molecular complexity index is 1330. The van der Waals surface area contributed by atoms with Gasteiger partial charge in [0, 0.05) is 29.5 Å². The van der Waals surface area contributed by atoms with Gasteiger partial charge in [-0.1, -0.05) is 74.5 Å². The van der Waals surface area contributed by atoms with E-state index < -0.39 is 5.89 Å². The molecule has 0 spiro atoms. The molecule has 2 heterocycles. The largest absolute Gasteiger partial charge is 0.455 e. The molecular weight excluding hydrogens is 342 g/mol. The first kappa shape index (κ1) is 15.6. The molecule has 0 radical (unpaired) electrons. The number of furan rings is 1. The van der Waals surface area contributed by atoms with Crippen LogP contribution in [-0.4, -0.2) is 4.98 Å². The normalized spacial score (nSPS) is 12.4. The lowest BCUT2D eigenvalue weighted by atomic mass is 9.99. The van der Waals surface area contributed by atoms with Gasteiger partial charge in [-0.25, -0.2) is 0 Å². The van der Waals surface area contributed by atoms with E-state index in [9.17, 15) is 0 Å². The summed E-state index contributed by atoms with van der Waals surface area (Å²) in [4.78, 5) is 4.58. The molecule has 0 saturated carbocycles. The van der Waals surface area contributed by atoms with Crippen LogP contribution in [0.4, 0.5) is 0 Å². The van der Waals surface area contributed by atoms with Gasteiger partial charge in [0.2, 0.25) is 0 Å². The van der Waals surface area contributed by atoms with Crippen LogP contribution in [0.15, 0.2) is 89.5 Å². The van der Waals surface area contributed by atoms with Crippen molar-refractivity contribution >= 4 is 21.9 Å². The molecule has 0 aliphatic rings. The molecule has 136 valence electrons. The van der Waals surface area contributed by atoms with Crippen LogP contribution in [0.2, 0.25) is 0 Å². The van der Waals surface area contributed by atoms with Gasteiger partial charge in [0.1, 0.15) is 11.2 Å². The lowest BCUT2D eigenvalue weighted by Crippen LogP contribution is -1.90. The molecule has 0 atom stereocenters. The fourth-order valence-electron chi connectivity index (χ4n) is 3.76. The molecule has 0 aliphatic heterocycles. The quantitative estimate of drug-likeness (QED) is 0.332. The van der Waals surface area contributed by atoms with Gasteiger partial charge in [0.05, 0.1) is 5.69 Å². The second-order valence-corrected chi connectivity index (χ2v) is 7.26. The molecule has 0 fully saturated rings. The van der Waals surface area contributed by atoms with Crippen molar-refractivity contribution in [3.05, 3.63) is 90.6 Å². The molecule has 0 N–H and O–H groups in total. The molecule has 0 aliphatic carbocycles. The van der Waals surface area contributed by atoms with Crippen molar-refractivity contribution in [3.63, 3.8) is 0 Å². The van der Waals surface area contributed by atoms with E-state index >= 15 is 0 Å². The highest BCUT2D eigenvalue weighted by atomic mass is 16.3. The average molecular weight is 364 g/mol. The fourth-order valence-corrected chi connectivity index (χ4v) is 3.76. The number of nitrogens with zero attached hydrogens (tertiary/aromatic N) is 1.